The molecular formula is C14H21N3O2. The van der Waals surface area contributed by atoms with E-state index in [0.29, 0.717) is 11.3 Å². The highest BCUT2D eigenvalue weighted by atomic mass is 16.5. The Morgan fingerprint density at radius 3 is 2.74 bits per heavy atom. The molecule has 0 unspecified atom stereocenters. The average molecular weight is 263 g/mol. The van der Waals surface area contributed by atoms with E-state index >= 15 is 0 Å². The lowest BCUT2D eigenvalue weighted by molar-refractivity contribution is 0.0300. The van der Waals surface area contributed by atoms with Crippen molar-refractivity contribution >= 4 is 17.3 Å². The summed E-state index contributed by atoms with van der Waals surface area (Å²) in [5.74, 6) is -0.466. The van der Waals surface area contributed by atoms with Gasteiger partial charge in [0, 0.05) is 31.1 Å². The summed E-state index contributed by atoms with van der Waals surface area (Å²) in [6, 6.07) is 5.18. The normalized spacial score (nSPS) is 17.9. The van der Waals surface area contributed by atoms with Crippen molar-refractivity contribution in [2.45, 2.75) is 19.8 Å². The van der Waals surface area contributed by atoms with Crippen LogP contribution in [0.5, 0.6) is 0 Å². The van der Waals surface area contributed by atoms with Crippen LogP contribution in [0.3, 0.4) is 0 Å². The first-order valence-electron chi connectivity index (χ1n) is 6.51. The minimum atomic E-state index is -0.466. The Morgan fingerprint density at radius 2 is 2.11 bits per heavy atom. The number of anilines is 2. The molecule has 1 aromatic carbocycles. The van der Waals surface area contributed by atoms with Crippen LogP contribution in [0.15, 0.2) is 18.2 Å². The number of nitrogens with two attached hydrogens (primary N) is 2. The Labute approximate surface area is 113 Å². The monoisotopic (exact) mass is 263 g/mol. The average Bonchev–Trinajstić information content (AvgIpc) is 2.38. The topological polar surface area (TPSA) is 90.4 Å². The lowest BCUT2D eigenvalue weighted by atomic mass is 9.82. The smallest absolute Gasteiger partial charge is 0.250 e. The van der Waals surface area contributed by atoms with E-state index in [9.17, 15) is 4.79 Å². The van der Waals surface area contributed by atoms with Crippen LogP contribution in [0, 0.1) is 5.41 Å². The number of primary amides is 1. The van der Waals surface area contributed by atoms with Gasteiger partial charge < -0.3 is 21.5 Å². The molecule has 1 heterocycles. The molecule has 104 valence electrons. The summed E-state index contributed by atoms with van der Waals surface area (Å²) in [6.07, 6.45) is 2.03. The van der Waals surface area contributed by atoms with Crippen molar-refractivity contribution in [3.05, 3.63) is 23.8 Å². The summed E-state index contributed by atoms with van der Waals surface area (Å²) >= 11 is 0. The predicted molar refractivity (Wildman–Crippen MR) is 76.0 cm³/mol. The van der Waals surface area contributed by atoms with Gasteiger partial charge >= 0.3 is 0 Å². The highest BCUT2D eigenvalue weighted by Gasteiger charge is 2.27. The van der Waals surface area contributed by atoms with E-state index < -0.39 is 5.91 Å². The molecule has 0 spiro atoms. The van der Waals surface area contributed by atoms with E-state index in [1.807, 2.05) is 0 Å². The third-order valence-electron chi connectivity index (χ3n) is 3.71. The van der Waals surface area contributed by atoms with Crippen LogP contribution in [0.2, 0.25) is 0 Å². The van der Waals surface area contributed by atoms with E-state index in [-0.39, 0.29) is 5.41 Å². The molecule has 2 rings (SSSR count). The predicted octanol–water partition coefficient (Wildman–Crippen LogP) is 1.60. The molecule has 0 radical (unpaired) electrons. The van der Waals surface area contributed by atoms with Crippen molar-refractivity contribution in [3.63, 3.8) is 0 Å². The third kappa shape index (κ3) is 3.38. The number of carbonyl (C=O) groups excluding carboxylic acids is 1. The fourth-order valence-electron chi connectivity index (χ4n) is 2.27. The number of benzene rings is 1. The molecule has 19 heavy (non-hydrogen) atoms. The van der Waals surface area contributed by atoms with Crippen molar-refractivity contribution in [1.82, 2.24) is 0 Å². The summed E-state index contributed by atoms with van der Waals surface area (Å²) in [7, 11) is 0. The molecule has 5 N–H and O–H groups in total. The van der Waals surface area contributed by atoms with Crippen LogP contribution >= 0.6 is 0 Å². The van der Waals surface area contributed by atoms with Gasteiger partial charge in [0.05, 0.1) is 5.56 Å². The molecule has 1 aliphatic rings. The van der Waals surface area contributed by atoms with Gasteiger partial charge in [-0.15, -0.1) is 0 Å². The number of hydrogen-bond acceptors (Lipinski definition) is 4. The van der Waals surface area contributed by atoms with Gasteiger partial charge in [-0.2, -0.15) is 0 Å². The zero-order valence-corrected chi connectivity index (χ0v) is 11.2. The standard InChI is InChI=1S/C14H21N3O2/c1-14(4-6-19-7-5-14)9-17-12-3-2-10(15)8-11(12)13(16)18/h2-3,8,17H,4-7,9,15H2,1H3,(H2,16,18). The van der Waals surface area contributed by atoms with Crippen LogP contribution in [-0.4, -0.2) is 25.7 Å². The van der Waals surface area contributed by atoms with Gasteiger partial charge in [-0.1, -0.05) is 6.92 Å². The Bertz CT molecular complexity index is 468. The summed E-state index contributed by atoms with van der Waals surface area (Å²) in [4.78, 5) is 11.4. The Morgan fingerprint density at radius 1 is 1.42 bits per heavy atom. The molecule has 1 aliphatic heterocycles. The minimum Gasteiger partial charge on any atom is -0.399 e. The first-order chi connectivity index (χ1) is 9.00. The van der Waals surface area contributed by atoms with Crippen molar-refractivity contribution in [1.29, 1.82) is 0 Å². The van der Waals surface area contributed by atoms with Gasteiger partial charge in [0.25, 0.3) is 5.91 Å². The van der Waals surface area contributed by atoms with Crippen molar-refractivity contribution in [2.24, 2.45) is 11.1 Å². The van der Waals surface area contributed by atoms with E-state index in [0.717, 1.165) is 38.3 Å². The van der Waals surface area contributed by atoms with Gasteiger partial charge in [-0.05, 0) is 36.5 Å². The van der Waals surface area contributed by atoms with Crippen molar-refractivity contribution < 1.29 is 9.53 Å². The van der Waals surface area contributed by atoms with Gasteiger partial charge in [-0.25, -0.2) is 0 Å². The Kier molecular flexibility index (Phi) is 3.95. The molecule has 1 saturated heterocycles. The van der Waals surface area contributed by atoms with E-state index in [4.69, 9.17) is 16.2 Å². The second-order valence-corrected chi connectivity index (χ2v) is 5.45. The lowest BCUT2D eigenvalue weighted by Crippen LogP contribution is -2.33. The summed E-state index contributed by atoms with van der Waals surface area (Å²) < 4.78 is 5.38. The number of hydrogen-bond donors (Lipinski definition) is 3. The fourth-order valence-corrected chi connectivity index (χ4v) is 2.27. The summed E-state index contributed by atoms with van der Waals surface area (Å²) in [5, 5.41) is 3.32. The van der Waals surface area contributed by atoms with Crippen LogP contribution < -0.4 is 16.8 Å². The van der Waals surface area contributed by atoms with E-state index in [1.165, 1.54) is 0 Å². The maximum Gasteiger partial charge on any atom is 0.250 e. The minimum absolute atomic E-state index is 0.189. The number of rotatable bonds is 4. The molecular weight excluding hydrogens is 242 g/mol. The first-order valence-corrected chi connectivity index (χ1v) is 6.51. The van der Waals surface area contributed by atoms with Crippen molar-refractivity contribution in [2.75, 3.05) is 30.8 Å². The largest absolute Gasteiger partial charge is 0.399 e. The molecule has 1 fully saturated rings. The second-order valence-electron chi connectivity index (χ2n) is 5.45. The van der Waals surface area contributed by atoms with Crippen LogP contribution in [0.1, 0.15) is 30.1 Å². The summed E-state index contributed by atoms with van der Waals surface area (Å²) in [6.45, 7) is 4.61. The van der Waals surface area contributed by atoms with E-state index in [1.54, 1.807) is 18.2 Å². The lowest BCUT2D eigenvalue weighted by Gasteiger charge is -2.34. The maximum atomic E-state index is 11.4. The second kappa shape index (κ2) is 5.48. The van der Waals surface area contributed by atoms with Crippen molar-refractivity contribution in [3.8, 4) is 0 Å². The Hall–Kier alpha value is -1.75. The van der Waals surface area contributed by atoms with E-state index in [2.05, 4.69) is 12.2 Å². The molecule has 1 aromatic rings. The molecule has 0 saturated carbocycles. The molecule has 5 heteroatoms. The number of nitrogen functional groups attached to an aromatic ring is 1. The number of amides is 1. The zero-order chi connectivity index (χ0) is 13.9. The highest BCUT2D eigenvalue weighted by molar-refractivity contribution is 5.99. The third-order valence-corrected chi connectivity index (χ3v) is 3.71. The maximum absolute atomic E-state index is 11.4. The van der Waals surface area contributed by atoms with Gasteiger partial charge in [0.1, 0.15) is 0 Å². The molecule has 5 nitrogen and oxygen atoms in total. The van der Waals surface area contributed by atoms with Crippen LogP contribution in [0.4, 0.5) is 11.4 Å². The molecule has 1 amide bonds. The van der Waals surface area contributed by atoms with Gasteiger partial charge in [0.2, 0.25) is 0 Å². The summed E-state index contributed by atoms with van der Waals surface area (Å²) in [5.41, 5.74) is 13.0. The molecule has 0 aliphatic carbocycles. The van der Waals surface area contributed by atoms with Gasteiger partial charge in [0.15, 0.2) is 0 Å². The fraction of sp³-hybridized carbons (Fsp3) is 0.500. The van der Waals surface area contributed by atoms with Gasteiger partial charge in [-0.3, -0.25) is 4.79 Å². The first kappa shape index (κ1) is 13.7. The van der Waals surface area contributed by atoms with Crippen LogP contribution in [0.25, 0.3) is 0 Å². The highest BCUT2D eigenvalue weighted by Crippen LogP contribution is 2.30. The number of carbonyl (C=O) groups is 1. The molecule has 0 atom stereocenters. The number of nitrogens with one attached hydrogen (secondary N) is 1. The number of ether oxygens (including phenoxy) is 1. The SMILES string of the molecule is CC1(CNc2ccc(N)cc2C(N)=O)CCOCC1. The van der Waals surface area contributed by atoms with Crippen LogP contribution in [-0.2, 0) is 4.74 Å². The Balaban J connectivity index is 2.08. The molecule has 0 bridgehead atoms. The quantitative estimate of drug-likeness (QED) is 0.720. The zero-order valence-electron chi connectivity index (χ0n) is 11.2. The molecule has 0 aromatic heterocycles.